The molecule has 0 saturated carbocycles. The molecule has 0 spiro atoms. The fraction of sp³-hybridized carbons (Fsp3) is 0.211. The normalized spacial score (nSPS) is 11.4. The van der Waals surface area contributed by atoms with Gasteiger partial charge in [-0.15, -0.1) is 0 Å². The van der Waals surface area contributed by atoms with Crippen LogP contribution in [0.3, 0.4) is 0 Å². The molecule has 0 bridgehead atoms. The van der Waals surface area contributed by atoms with Crippen molar-refractivity contribution in [1.82, 2.24) is 5.32 Å². The molecule has 0 radical (unpaired) electrons. The van der Waals surface area contributed by atoms with E-state index in [2.05, 4.69) is 10.6 Å². The van der Waals surface area contributed by atoms with Gasteiger partial charge < -0.3 is 15.7 Å². The summed E-state index contributed by atoms with van der Waals surface area (Å²) in [6.07, 6.45) is 0.294. The number of rotatable bonds is 7. The Morgan fingerprint density at radius 2 is 1.60 bits per heavy atom. The van der Waals surface area contributed by atoms with Gasteiger partial charge in [0.2, 0.25) is 11.8 Å². The second kappa shape index (κ2) is 8.63. The molecular formula is C19H20N2O4. The van der Waals surface area contributed by atoms with E-state index >= 15 is 0 Å². The average molecular weight is 340 g/mol. The van der Waals surface area contributed by atoms with Gasteiger partial charge in [-0.1, -0.05) is 42.5 Å². The van der Waals surface area contributed by atoms with Gasteiger partial charge in [-0.05, 0) is 23.3 Å². The second-order valence-corrected chi connectivity index (χ2v) is 5.70. The summed E-state index contributed by atoms with van der Waals surface area (Å²) in [7, 11) is 0. The first kappa shape index (κ1) is 18.2. The van der Waals surface area contributed by atoms with Gasteiger partial charge in [0.05, 0.1) is 6.42 Å². The lowest BCUT2D eigenvalue weighted by molar-refractivity contribution is -0.141. The van der Waals surface area contributed by atoms with Crippen LogP contribution in [0.2, 0.25) is 0 Å². The zero-order valence-corrected chi connectivity index (χ0v) is 13.9. The summed E-state index contributed by atoms with van der Waals surface area (Å²) in [5, 5.41) is 14.5. The molecule has 0 aliphatic rings. The van der Waals surface area contributed by atoms with Crippen molar-refractivity contribution < 1.29 is 19.5 Å². The summed E-state index contributed by atoms with van der Waals surface area (Å²) in [6.45, 7) is 1.42. The third-order valence-electron chi connectivity index (χ3n) is 3.55. The lowest BCUT2D eigenvalue weighted by Crippen LogP contribution is -2.43. The van der Waals surface area contributed by atoms with Crippen molar-refractivity contribution in [3.05, 3.63) is 65.7 Å². The van der Waals surface area contributed by atoms with Gasteiger partial charge in [-0.2, -0.15) is 0 Å². The summed E-state index contributed by atoms with van der Waals surface area (Å²) >= 11 is 0. The van der Waals surface area contributed by atoms with Gasteiger partial charge in [0, 0.05) is 19.0 Å². The molecule has 0 aromatic heterocycles. The highest BCUT2D eigenvalue weighted by Gasteiger charge is 2.20. The Balaban J connectivity index is 1.94. The van der Waals surface area contributed by atoms with Crippen LogP contribution in [0.5, 0.6) is 0 Å². The lowest BCUT2D eigenvalue weighted by atomic mass is 10.1. The first-order valence-electron chi connectivity index (χ1n) is 7.86. The summed E-state index contributed by atoms with van der Waals surface area (Å²) in [4.78, 5) is 34.5. The van der Waals surface area contributed by atoms with E-state index in [9.17, 15) is 19.5 Å². The van der Waals surface area contributed by atoms with Crippen molar-refractivity contribution in [2.75, 3.05) is 5.32 Å². The minimum absolute atomic E-state index is 0.0684. The molecule has 130 valence electrons. The average Bonchev–Trinajstić information content (AvgIpc) is 2.56. The van der Waals surface area contributed by atoms with Crippen LogP contribution < -0.4 is 10.6 Å². The maximum Gasteiger partial charge on any atom is 0.326 e. The summed E-state index contributed by atoms with van der Waals surface area (Å²) in [5.74, 6) is -1.61. The molecule has 6 nitrogen and oxygen atoms in total. The van der Waals surface area contributed by atoms with Crippen molar-refractivity contribution >= 4 is 23.5 Å². The van der Waals surface area contributed by atoms with Gasteiger partial charge in [0.1, 0.15) is 6.04 Å². The number of aliphatic carboxylic acids is 1. The van der Waals surface area contributed by atoms with Crippen molar-refractivity contribution in [1.29, 1.82) is 0 Å². The van der Waals surface area contributed by atoms with Crippen LogP contribution in [0, 0.1) is 0 Å². The van der Waals surface area contributed by atoms with Crippen LogP contribution in [0.15, 0.2) is 54.6 Å². The molecule has 0 aliphatic heterocycles. The van der Waals surface area contributed by atoms with E-state index in [1.807, 2.05) is 30.3 Å². The first-order valence-corrected chi connectivity index (χ1v) is 7.86. The highest BCUT2D eigenvalue weighted by Crippen LogP contribution is 2.10. The number of carboxylic acids is 1. The molecule has 25 heavy (non-hydrogen) atoms. The number of hydrogen-bond donors (Lipinski definition) is 3. The molecule has 6 heteroatoms. The van der Waals surface area contributed by atoms with Crippen LogP contribution in [-0.4, -0.2) is 28.9 Å². The Hall–Kier alpha value is -3.15. The third kappa shape index (κ3) is 6.10. The molecule has 0 saturated heterocycles. The Morgan fingerprint density at radius 1 is 0.960 bits per heavy atom. The number of carbonyl (C=O) groups excluding carboxylic acids is 2. The van der Waals surface area contributed by atoms with Gasteiger partial charge in [0.25, 0.3) is 0 Å². The van der Waals surface area contributed by atoms with E-state index < -0.39 is 12.0 Å². The van der Waals surface area contributed by atoms with Gasteiger partial charge in [-0.25, -0.2) is 4.79 Å². The van der Waals surface area contributed by atoms with Crippen LogP contribution in [0.4, 0.5) is 5.69 Å². The van der Waals surface area contributed by atoms with Crippen LogP contribution in [-0.2, 0) is 27.2 Å². The molecular weight excluding hydrogens is 320 g/mol. The Bertz CT molecular complexity index is 742. The fourth-order valence-electron chi connectivity index (χ4n) is 2.39. The van der Waals surface area contributed by atoms with E-state index in [4.69, 9.17) is 0 Å². The number of carboxylic acid groups (broad SMARTS) is 1. The highest BCUT2D eigenvalue weighted by atomic mass is 16.4. The number of benzene rings is 2. The maximum atomic E-state index is 12.1. The lowest BCUT2D eigenvalue weighted by Gasteiger charge is -2.15. The predicted molar refractivity (Wildman–Crippen MR) is 94.2 cm³/mol. The minimum atomic E-state index is -1.07. The van der Waals surface area contributed by atoms with Crippen molar-refractivity contribution in [3.63, 3.8) is 0 Å². The molecule has 0 heterocycles. The summed E-state index contributed by atoms with van der Waals surface area (Å²) in [6, 6.07) is 15.0. The van der Waals surface area contributed by atoms with Crippen molar-refractivity contribution in [3.8, 4) is 0 Å². The Kier molecular flexibility index (Phi) is 6.28. The summed E-state index contributed by atoms with van der Waals surface area (Å²) in [5.41, 5.74) is 2.22. The number of nitrogens with one attached hydrogen (secondary N) is 2. The van der Waals surface area contributed by atoms with Crippen molar-refractivity contribution in [2.24, 2.45) is 0 Å². The largest absolute Gasteiger partial charge is 0.480 e. The van der Waals surface area contributed by atoms with Crippen LogP contribution >= 0.6 is 0 Å². The zero-order chi connectivity index (χ0) is 18.2. The smallest absolute Gasteiger partial charge is 0.326 e. The van der Waals surface area contributed by atoms with E-state index in [0.717, 1.165) is 11.1 Å². The number of hydrogen-bond acceptors (Lipinski definition) is 3. The zero-order valence-electron chi connectivity index (χ0n) is 13.9. The molecule has 2 aromatic carbocycles. The summed E-state index contributed by atoms with van der Waals surface area (Å²) < 4.78 is 0. The molecule has 0 aliphatic carbocycles. The molecule has 3 N–H and O–H groups in total. The molecule has 1 atom stereocenters. The number of carbonyl (C=O) groups is 3. The quantitative estimate of drug-likeness (QED) is 0.718. The van der Waals surface area contributed by atoms with Crippen LogP contribution in [0.1, 0.15) is 18.1 Å². The van der Waals surface area contributed by atoms with Crippen LogP contribution in [0.25, 0.3) is 0 Å². The standard InChI is InChI=1S/C19H20N2O4/c1-13(22)20-16-9-7-15(8-10-16)12-18(23)21-17(19(24)25)11-14-5-3-2-4-6-14/h2-10,17H,11-12H2,1H3,(H,20,22)(H,21,23)(H,24,25). The molecule has 1 unspecified atom stereocenters. The first-order chi connectivity index (χ1) is 11.9. The van der Waals surface area contributed by atoms with Crippen molar-refractivity contribution in [2.45, 2.75) is 25.8 Å². The number of amides is 2. The predicted octanol–water partition coefficient (Wildman–Crippen LogP) is 2.00. The van der Waals surface area contributed by atoms with Gasteiger partial charge in [0.15, 0.2) is 0 Å². The molecule has 2 aromatic rings. The topological polar surface area (TPSA) is 95.5 Å². The Labute approximate surface area is 145 Å². The van der Waals surface area contributed by atoms with Gasteiger partial charge in [-0.3, -0.25) is 9.59 Å². The van der Waals surface area contributed by atoms with E-state index in [-0.39, 0.29) is 24.7 Å². The molecule has 0 fully saturated rings. The SMILES string of the molecule is CC(=O)Nc1ccc(CC(=O)NC(Cc2ccccc2)C(=O)O)cc1. The second-order valence-electron chi connectivity index (χ2n) is 5.70. The van der Waals surface area contributed by atoms with E-state index in [1.54, 1.807) is 24.3 Å². The minimum Gasteiger partial charge on any atom is -0.480 e. The van der Waals surface area contributed by atoms with E-state index in [0.29, 0.717) is 5.69 Å². The molecule has 2 amide bonds. The number of anilines is 1. The fourth-order valence-corrected chi connectivity index (χ4v) is 2.39. The van der Waals surface area contributed by atoms with E-state index in [1.165, 1.54) is 6.92 Å². The Morgan fingerprint density at radius 3 is 2.16 bits per heavy atom. The third-order valence-corrected chi connectivity index (χ3v) is 3.55. The maximum absolute atomic E-state index is 12.1. The van der Waals surface area contributed by atoms with Gasteiger partial charge >= 0.3 is 5.97 Å². The monoisotopic (exact) mass is 340 g/mol. The molecule has 2 rings (SSSR count). The highest BCUT2D eigenvalue weighted by molar-refractivity contribution is 5.89.